The molecule has 0 spiro atoms. The van der Waals surface area contributed by atoms with Crippen molar-refractivity contribution in [2.45, 2.75) is 103 Å². The molecular formula is C22H41O8P. The summed E-state index contributed by atoms with van der Waals surface area (Å²) >= 11 is 0. The van der Waals surface area contributed by atoms with E-state index in [4.69, 9.17) is 19.3 Å². The largest absolute Gasteiger partial charge is 0.469 e. The van der Waals surface area contributed by atoms with Gasteiger partial charge in [0, 0.05) is 12.8 Å². The van der Waals surface area contributed by atoms with Crippen LogP contribution in [0.15, 0.2) is 12.2 Å². The fraction of sp³-hybridized carbons (Fsp3) is 0.818. The van der Waals surface area contributed by atoms with Gasteiger partial charge >= 0.3 is 19.8 Å². The van der Waals surface area contributed by atoms with Gasteiger partial charge in [-0.15, -0.1) is 0 Å². The highest BCUT2D eigenvalue weighted by molar-refractivity contribution is 7.46. The Morgan fingerprint density at radius 3 is 2.00 bits per heavy atom. The molecule has 0 aromatic heterocycles. The molecule has 182 valence electrons. The van der Waals surface area contributed by atoms with E-state index in [1.165, 1.54) is 32.1 Å². The molecule has 31 heavy (non-hydrogen) atoms. The summed E-state index contributed by atoms with van der Waals surface area (Å²) in [5.74, 6) is -0.999. The Kier molecular flexibility index (Phi) is 18.7. The van der Waals surface area contributed by atoms with Gasteiger partial charge in [0.15, 0.2) is 6.10 Å². The zero-order valence-corrected chi connectivity index (χ0v) is 20.0. The van der Waals surface area contributed by atoms with E-state index < -0.39 is 32.5 Å². The number of unbranched alkanes of at least 4 members (excludes halogenated alkanes) is 9. The summed E-state index contributed by atoms with van der Waals surface area (Å²) in [5, 5.41) is 0. The first-order chi connectivity index (χ1) is 14.8. The Morgan fingerprint density at radius 2 is 1.42 bits per heavy atom. The van der Waals surface area contributed by atoms with E-state index in [-0.39, 0.29) is 19.4 Å². The highest BCUT2D eigenvalue weighted by Crippen LogP contribution is 2.35. The number of esters is 2. The number of hydrogen-bond acceptors (Lipinski definition) is 6. The summed E-state index contributed by atoms with van der Waals surface area (Å²) in [6.07, 6.45) is 16.1. The minimum absolute atomic E-state index is 0.148. The van der Waals surface area contributed by atoms with Crippen molar-refractivity contribution in [2.75, 3.05) is 13.2 Å². The fourth-order valence-electron chi connectivity index (χ4n) is 2.82. The number of carbonyl (C=O) groups excluding carboxylic acids is 2. The second-order valence-electron chi connectivity index (χ2n) is 7.56. The second-order valence-corrected chi connectivity index (χ2v) is 8.80. The average Bonchev–Trinajstić information content (AvgIpc) is 2.72. The van der Waals surface area contributed by atoms with Crippen LogP contribution >= 0.6 is 7.82 Å². The Labute approximate surface area is 187 Å². The van der Waals surface area contributed by atoms with Crippen LogP contribution in [-0.4, -0.2) is 41.0 Å². The van der Waals surface area contributed by atoms with Crippen molar-refractivity contribution in [3.63, 3.8) is 0 Å². The zero-order chi connectivity index (χ0) is 23.4. The van der Waals surface area contributed by atoms with Gasteiger partial charge in [0.25, 0.3) is 0 Å². The van der Waals surface area contributed by atoms with Gasteiger partial charge in [0.2, 0.25) is 0 Å². The van der Waals surface area contributed by atoms with Gasteiger partial charge in [0.1, 0.15) is 6.61 Å². The SMILES string of the molecule is CCCCCC/C=C\CCCCCCCC(=O)OC(COC(=O)CC)COP(=O)(O)O. The lowest BCUT2D eigenvalue weighted by Gasteiger charge is -2.18. The average molecular weight is 465 g/mol. The number of rotatable bonds is 20. The first kappa shape index (κ1) is 29.8. The molecule has 0 aromatic rings. The summed E-state index contributed by atoms with van der Waals surface area (Å²) in [7, 11) is -4.70. The molecule has 0 aliphatic rings. The molecule has 0 bridgehead atoms. The highest BCUT2D eigenvalue weighted by Gasteiger charge is 2.22. The van der Waals surface area contributed by atoms with Crippen LogP contribution in [-0.2, 0) is 28.2 Å². The third-order valence-electron chi connectivity index (χ3n) is 4.59. The van der Waals surface area contributed by atoms with Crippen LogP contribution < -0.4 is 0 Å². The molecule has 0 rings (SSSR count). The molecule has 0 aliphatic heterocycles. The number of carbonyl (C=O) groups is 2. The molecule has 2 N–H and O–H groups in total. The van der Waals surface area contributed by atoms with Crippen LogP contribution in [0.2, 0.25) is 0 Å². The lowest BCUT2D eigenvalue weighted by molar-refractivity contribution is -0.161. The summed E-state index contributed by atoms with van der Waals surface area (Å²) in [4.78, 5) is 40.8. The number of phosphoric acid groups is 1. The second kappa shape index (κ2) is 19.5. The third kappa shape index (κ3) is 21.8. The molecular weight excluding hydrogens is 423 g/mol. The minimum atomic E-state index is -4.70. The standard InChI is InChI=1S/C22H41O8P/c1-3-5-6-7-8-9-10-11-12-13-14-15-16-17-22(24)30-20(18-28-21(23)4-2)19-29-31(25,26)27/h9-10,20H,3-8,11-19H2,1-2H3,(H2,25,26,27)/b10-9-. The summed E-state index contributed by atoms with van der Waals surface area (Å²) < 4.78 is 25.3. The monoisotopic (exact) mass is 464 g/mol. The normalized spacial score (nSPS) is 12.8. The van der Waals surface area contributed by atoms with Crippen LogP contribution in [0.3, 0.4) is 0 Å². The maximum atomic E-state index is 12.0. The molecule has 0 amide bonds. The molecule has 8 nitrogen and oxygen atoms in total. The van der Waals surface area contributed by atoms with Gasteiger partial charge in [-0.05, 0) is 32.1 Å². The maximum Gasteiger partial charge on any atom is 0.469 e. The van der Waals surface area contributed by atoms with E-state index in [0.717, 1.165) is 32.1 Å². The predicted molar refractivity (Wildman–Crippen MR) is 119 cm³/mol. The molecule has 9 heteroatoms. The molecule has 0 fully saturated rings. The third-order valence-corrected chi connectivity index (χ3v) is 5.07. The van der Waals surface area contributed by atoms with Crippen molar-refractivity contribution in [1.82, 2.24) is 0 Å². The van der Waals surface area contributed by atoms with Gasteiger partial charge in [-0.1, -0.05) is 64.5 Å². The summed E-state index contributed by atoms with van der Waals surface area (Å²) in [6.45, 7) is 2.98. The molecule has 0 saturated heterocycles. The van der Waals surface area contributed by atoms with Gasteiger partial charge in [-0.2, -0.15) is 0 Å². The van der Waals surface area contributed by atoms with Crippen molar-refractivity contribution < 1.29 is 37.9 Å². The molecule has 0 heterocycles. The lowest BCUT2D eigenvalue weighted by atomic mass is 10.1. The number of ether oxygens (including phenoxy) is 2. The highest BCUT2D eigenvalue weighted by atomic mass is 31.2. The van der Waals surface area contributed by atoms with E-state index in [1.54, 1.807) is 6.92 Å². The maximum absolute atomic E-state index is 12.0. The van der Waals surface area contributed by atoms with Gasteiger partial charge in [-0.3, -0.25) is 14.1 Å². The van der Waals surface area contributed by atoms with Gasteiger partial charge < -0.3 is 19.3 Å². The van der Waals surface area contributed by atoms with E-state index in [0.29, 0.717) is 6.42 Å². The van der Waals surface area contributed by atoms with Crippen LogP contribution in [0.4, 0.5) is 0 Å². The molecule has 0 radical (unpaired) electrons. The Hall–Kier alpha value is -1.21. The van der Waals surface area contributed by atoms with Crippen LogP contribution in [0.5, 0.6) is 0 Å². The topological polar surface area (TPSA) is 119 Å². The first-order valence-electron chi connectivity index (χ1n) is 11.5. The first-order valence-corrected chi connectivity index (χ1v) is 13.0. The van der Waals surface area contributed by atoms with Crippen LogP contribution in [0, 0.1) is 0 Å². The Balaban J connectivity index is 3.89. The smallest absolute Gasteiger partial charge is 0.462 e. The predicted octanol–water partition coefficient (Wildman–Crippen LogP) is 5.22. The van der Waals surface area contributed by atoms with Crippen molar-refractivity contribution in [1.29, 1.82) is 0 Å². The molecule has 0 aliphatic carbocycles. The lowest BCUT2D eigenvalue weighted by Crippen LogP contribution is -2.29. The summed E-state index contributed by atoms with van der Waals surface area (Å²) in [6, 6.07) is 0. The quantitative estimate of drug-likeness (QED) is 0.109. The van der Waals surface area contributed by atoms with Crippen LogP contribution in [0.1, 0.15) is 97.3 Å². The van der Waals surface area contributed by atoms with E-state index >= 15 is 0 Å². The van der Waals surface area contributed by atoms with Crippen molar-refractivity contribution >= 4 is 19.8 Å². The minimum Gasteiger partial charge on any atom is -0.462 e. The zero-order valence-electron chi connectivity index (χ0n) is 19.1. The van der Waals surface area contributed by atoms with E-state index in [2.05, 4.69) is 23.6 Å². The Bertz CT molecular complexity index is 544. The van der Waals surface area contributed by atoms with Gasteiger partial charge in [0.05, 0.1) is 6.61 Å². The Morgan fingerprint density at radius 1 is 0.839 bits per heavy atom. The number of allylic oxidation sites excluding steroid dienone is 2. The molecule has 1 atom stereocenters. The molecule has 1 unspecified atom stereocenters. The van der Waals surface area contributed by atoms with E-state index in [9.17, 15) is 14.2 Å². The van der Waals surface area contributed by atoms with Crippen molar-refractivity contribution in [3.8, 4) is 0 Å². The fourth-order valence-corrected chi connectivity index (χ4v) is 3.18. The molecule has 0 aromatic carbocycles. The van der Waals surface area contributed by atoms with Gasteiger partial charge in [-0.25, -0.2) is 4.57 Å². The number of phosphoric ester groups is 1. The van der Waals surface area contributed by atoms with Crippen molar-refractivity contribution in [3.05, 3.63) is 12.2 Å². The summed E-state index contributed by atoms with van der Waals surface area (Å²) in [5.41, 5.74) is 0. The number of hydrogen-bond donors (Lipinski definition) is 2. The van der Waals surface area contributed by atoms with E-state index in [1.807, 2.05) is 0 Å². The van der Waals surface area contributed by atoms with Crippen molar-refractivity contribution in [2.24, 2.45) is 0 Å². The van der Waals surface area contributed by atoms with Crippen LogP contribution in [0.25, 0.3) is 0 Å². The molecule has 0 saturated carbocycles.